The quantitative estimate of drug-likeness (QED) is 0.819. The molecule has 1 aliphatic heterocycles. The van der Waals surface area contributed by atoms with E-state index in [9.17, 15) is 0 Å². The molecule has 0 bridgehead atoms. The normalized spacial score (nSPS) is 13.8. The zero-order valence-corrected chi connectivity index (χ0v) is 10.7. The largest absolute Gasteiger partial charge is 0.368 e. The summed E-state index contributed by atoms with van der Waals surface area (Å²) in [6.07, 6.45) is 6.14. The Kier molecular flexibility index (Phi) is 2.87. The number of rotatable bonds is 2. The number of aromatic nitrogens is 1. The lowest BCUT2D eigenvalue weighted by molar-refractivity contribution is 0.362. The molecule has 0 amide bonds. The van der Waals surface area contributed by atoms with Gasteiger partial charge in [0.25, 0.3) is 0 Å². The molecule has 0 aliphatic carbocycles. The second-order valence-electron chi connectivity index (χ2n) is 4.00. The van der Waals surface area contributed by atoms with E-state index in [0.717, 1.165) is 13.1 Å². The fraction of sp³-hybridized carbons (Fsp3) is 0.154. The lowest BCUT2D eigenvalue weighted by atomic mass is 10.0. The minimum atomic E-state index is 0.612. The Morgan fingerprint density at radius 3 is 3.06 bits per heavy atom. The van der Waals surface area contributed by atoms with Gasteiger partial charge in [0.15, 0.2) is 4.47 Å². The Bertz CT molecular complexity index is 562. The molecule has 0 atom stereocenters. The second kappa shape index (κ2) is 4.51. The van der Waals surface area contributed by atoms with E-state index in [-0.39, 0.29) is 0 Å². The second-order valence-corrected chi connectivity index (χ2v) is 5.70. The molecule has 1 aromatic heterocycles. The highest BCUT2D eigenvalue weighted by molar-refractivity contribution is 7.15. The van der Waals surface area contributed by atoms with Crippen LogP contribution < -0.4 is 0 Å². The summed E-state index contributed by atoms with van der Waals surface area (Å²) in [5.74, 6) is 0. The fourth-order valence-electron chi connectivity index (χ4n) is 1.96. The van der Waals surface area contributed by atoms with Crippen LogP contribution in [0, 0.1) is 0 Å². The van der Waals surface area contributed by atoms with Crippen molar-refractivity contribution >= 4 is 29.0 Å². The lowest BCUT2D eigenvalue weighted by Gasteiger charge is -2.24. The van der Waals surface area contributed by atoms with Crippen molar-refractivity contribution in [1.82, 2.24) is 9.88 Å². The first-order valence-electron chi connectivity index (χ1n) is 5.41. The van der Waals surface area contributed by atoms with Crippen LogP contribution in [0.15, 0.2) is 36.7 Å². The van der Waals surface area contributed by atoms with Crippen LogP contribution >= 0.6 is 22.9 Å². The van der Waals surface area contributed by atoms with Gasteiger partial charge in [0.05, 0.1) is 6.54 Å². The van der Waals surface area contributed by atoms with Gasteiger partial charge >= 0.3 is 0 Å². The van der Waals surface area contributed by atoms with Gasteiger partial charge in [-0.05, 0) is 17.2 Å². The standard InChI is InChI=1S/C13H11ClN2S/c14-13-15-7-12(17-13)9-16-6-5-10-3-1-2-4-11(10)8-16/h1-7H,8-9H2. The average molecular weight is 263 g/mol. The highest BCUT2D eigenvalue weighted by Gasteiger charge is 2.11. The van der Waals surface area contributed by atoms with E-state index in [1.807, 2.05) is 6.20 Å². The van der Waals surface area contributed by atoms with Crippen molar-refractivity contribution in [3.05, 3.63) is 57.1 Å². The third-order valence-electron chi connectivity index (χ3n) is 2.78. The highest BCUT2D eigenvalue weighted by Crippen LogP contribution is 2.24. The van der Waals surface area contributed by atoms with Crippen LogP contribution in [-0.2, 0) is 13.1 Å². The maximum atomic E-state index is 5.83. The van der Waals surface area contributed by atoms with E-state index in [4.69, 9.17) is 11.6 Å². The average Bonchev–Trinajstić information content (AvgIpc) is 2.75. The van der Waals surface area contributed by atoms with E-state index < -0.39 is 0 Å². The molecule has 0 radical (unpaired) electrons. The van der Waals surface area contributed by atoms with Crippen molar-refractivity contribution in [3.63, 3.8) is 0 Å². The molecule has 17 heavy (non-hydrogen) atoms. The van der Waals surface area contributed by atoms with Gasteiger partial charge in [-0.3, -0.25) is 0 Å². The van der Waals surface area contributed by atoms with Crippen LogP contribution in [0.4, 0.5) is 0 Å². The summed E-state index contributed by atoms with van der Waals surface area (Å²) in [7, 11) is 0. The van der Waals surface area contributed by atoms with Crippen LogP contribution in [0.2, 0.25) is 4.47 Å². The zero-order valence-electron chi connectivity index (χ0n) is 9.14. The van der Waals surface area contributed by atoms with E-state index in [1.54, 1.807) is 11.3 Å². The van der Waals surface area contributed by atoms with Crippen molar-refractivity contribution in [2.75, 3.05) is 0 Å². The van der Waals surface area contributed by atoms with Gasteiger partial charge in [0.2, 0.25) is 0 Å². The van der Waals surface area contributed by atoms with E-state index in [0.29, 0.717) is 4.47 Å². The first kappa shape index (κ1) is 10.8. The molecule has 4 heteroatoms. The Morgan fingerprint density at radius 2 is 2.24 bits per heavy atom. The van der Waals surface area contributed by atoms with Crippen LogP contribution in [0.1, 0.15) is 16.0 Å². The molecule has 0 saturated heterocycles. The molecule has 0 fully saturated rings. The van der Waals surface area contributed by atoms with E-state index in [1.165, 1.54) is 16.0 Å². The molecule has 2 aromatic rings. The lowest BCUT2D eigenvalue weighted by Crippen LogP contribution is -2.18. The molecule has 1 aliphatic rings. The van der Waals surface area contributed by atoms with Gasteiger partial charge < -0.3 is 4.90 Å². The van der Waals surface area contributed by atoms with Crippen LogP contribution in [-0.4, -0.2) is 9.88 Å². The SMILES string of the molecule is Clc1ncc(CN2C=Cc3ccccc3C2)s1. The van der Waals surface area contributed by atoms with Crippen LogP contribution in [0.5, 0.6) is 0 Å². The zero-order chi connectivity index (χ0) is 11.7. The molecule has 2 nitrogen and oxygen atoms in total. The summed E-state index contributed by atoms with van der Waals surface area (Å²) >= 11 is 7.37. The summed E-state index contributed by atoms with van der Waals surface area (Å²) in [5.41, 5.74) is 2.68. The van der Waals surface area contributed by atoms with Crippen LogP contribution in [0.3, 0.4) is 0 Å². The summed E-state index contributed by atoms with van der Waals surface area (Å²) < 4.78 is 0.612. The van der Waals surface area contributed by atoms with Gasteiger partial charge in [0.1, 0.15) is 0 Å². The molecule has 0 N–H and O–H groups in total. The van der Waals surface area contributed by atoms with Gasteiger partial charge in [-0.2, -0.15) is 0 Å². The molecule has 0 saturated carbocycles. The Hall–Kier alpha value is -1.32. The fourth-order valence-corrected chi connectivity index (χ4v) is 2.97. The molecule has 0 unspecified atom stereocenters. The summed E-state index contributed by atoms with van der Waals surface area (Å²) in [5, 5.41) is 0. The number of nitrogens with zero attached hydrogens (tertiary/aromatic N) is 2. The van der Waals surface area contributed by atoms with Gasteiger partial charge in [-0.25, -0.2) is 4.98 Å². The van der Waals surface area contributed by atoms with Crippen molar-refractivity contribution in [1.29, 1.82) is 0 Å². The Balaban J connectivity index is 1.77. The smallest absolute Gasteiger partial charge is 0.183 e. The molecular weight excluding hydrogens is 252 g/mol. The molecule has 3 rings (SSSR count). The monoisotopic (exact) mass is 262 g/mol. The third-order valence-corrected chi connectivity index (χ3v) is 3.88. The highest BCUT2D eigenvalue weighted by atomic mass is 35.5. The maximum Gasteiger partial charge on any atom is 0.183 e. The molecule has 1 aromatic carbocycles. The predicted octanol–water partition coefficient (Wildman–Crippen LogP) is 3.78. The maximum absolute atomic E-state index is 5.83. The number of hydrogen-bond acceptors (Lipinski definition) is 3. The van der Waals surface area contributed by atoms with Gasteiger partial charge in [-0.15, -0.1) is 11.3 Å². The first-order valence-corrected chi connectivity index (χ1v) is 6.61. The third kappa shape index (κ3) is 2.35. The van der Waals surface area contributed by atoms with Crippen LogP contribution in [0.25, 0.3) is 6.08 Å². The number of thiazole rings is 1. The first-order chi connectivity index (χ1) is 8.31. The van der Waals surface area contributed by atoms with Gasteiger partial charge in [-0.1, -0.05) is 35.9 Å². The van der Waals surface area contributed by atoms with Gasteiger partial charge in [0, 0.05) is 23.8 Å². The Labute approximate surface area is 109 Å². The molecule has 86 valence electrons. The summed E-state index contributed by atoms with van der Waals surface area (Å²) in [6.45, 7) is 1.82. The molecule has 0 spiro atoms. The minimum Gasteiger partial charge on any atom is -0.368 e. The molecule has 2 heterocycles. The Morgan fingerprint density at radius 1 is 1.35 bits per heavy atom. The summed E-state index contributed by atoms with van der Waals surface area (Å²) in [4.78, 5) is 7.52. The number of hydrogen-bond donors (Lipinski definition) is 0. The molecular formula is C13H11ClN2S. The van der Waals surface area contributed by atoms with Crippen molar-refractivity contribution in [2.24, 2.45) is 0 Å². The summed E-state index contributed by atoms with van der Waals surface area (Å²) in [6, 6.07) is 8.47. The predicted molar refractivity (Wildman–Crippen MR) is 71.8 cm³/mol. The minimum absolute atomic E-state index is 0.612. The van der Waals surface area contributed by atoms with E-state index >= 15 is 0 Å². The van der Waals surface area contributed by atoms with Crippen molar-refractivity contribution in [3.8, 4) is 0 Å². The van der Waals surface area contributed by atoms with Crippen molar-refractivity contribution < 1.29 is 0 Å². The number of halogens is 1. The van der Waals surface area contributed by atoms with E-state index in [2.05, 4.69) is 46.4 Å². The number of fused-ring (bicyclic) bond motifs is 1. The number of benzene rings is 1. The topological polar surface area (TPSA) is 16.1 Å². The van der Waals surface area contributed by atoms with Crippen molar-refractivity contribution in [2.45, 2.75) is 13.1 Å².